The summed E-state index contributed by atoms with van der Waals surface area (Å²) in [6.45, 7) is 6.78. The van der Waals surface area contributed by atoms with E-state index in [4.69, 9.17) is 4.74 Å². The second kappa shape index (κ2) is 5.42. The van der Waals surface area contributed by atoms with E-state index in [1.165, 1.54) is 11.1 Å². The zero-order valence-corrected chi connectivity index (χ0v) is 11.3. The molecule has 0 bridgehead atoms. The van der Waals surface area contributed by atoms with Crippen molar-refractivity contribution in [2.75, 3.05) is 6.61 Å². The number of carbonyl (C=O) groups excluding carboxylic acids is 1. The van der Waals surface area contributed by atoms with Crippen LogP contribution in [0.4, 0.5) is 0 Å². The van der Waals surface area contributed by atoms with E-state index < -0.39 is 0 Å². The Hall–Kier alpha value is -1.51. The topological polar surface area (TPSA) is 38.3 Å². The Kier molecular flexibility index (Phi) is 3.90. The fourth-order valence-corrected chi connectivity index (χ4v) is 2.33. The van der Waals surface area contributed by atoms with Gasteiger partial charge in [0.25, 0.3) is 0 Å². The molecule has 1 unspecified atom stereocenters. The summed E-state index contributed by atoms with van der Waals surface area (Å²) in [7, 11) is 0. The van der Waals surface area contributed by atoms with Gasteiger partial charge in [-0.2, -0.15) is 0 Å². The highest BCUT2D eigenvalue weighted by Gasteiger charge is 2.23. The Morgan fingerprint density at radius 2 is 2.28 bits per heavy atom. The smallest absolute Gasteiger partial charge is 0.220 e. The van der Waals surface area contributed by atoms with Gasteiger partial charge in [-0.05, 0) is 23.5 Å². The molecule has 1 N–H and O–H groups in total. The van der Waals surface area contributed by atoms with E-state index in [9.17, 15) is 4.79 Å². The summed E-state index contributed by atoms with van der Waals surface area (Å²) < 4.78 is 5.86. The summed E-state index contributed by atoms with van der Waals surface area (Å²) in [5.41, 5.74) is 2.46. The summed E-state index contributed by atoms with van der Waals surface area (Å²) in [5, 5.41) is 2.99. The van der Waals surface area contributed by atoms with Crippen LogP contribution in [0.3, 0.4) is 0 Å². The van der Waals surface area contributed by atoms with Crippen molar-refractivity contribution in [1.29, 1.82) is 0 Å². The lowest BCUT2D eigenvalue weighted by Crippen LogP contribution is -2.42. The number of amides is 1. The standard InChI is InChI=1S/C15H21NO2/c1-4-14(17)16-12-8-11-6-5-7-13(10(2)3)15(11)18-9-12/h5-7,10,12H,4,8-9H2,1-3H3,(H,16,17). The first kappa shape index (κ1) is 12.9. The van der Waals surface area contributed by atoms with Gasteiger partial charge in [-0.25, -0.2) is 0 Å². The molecule has 3 heteroatoms. The van der Waals surface area contributed by atoms with Crippen LogP contribution in [-0.2, 0) is 11.2 Å². The Morgan fingerprint density at radius 3 is 2.94 bits per heavy atom. The Balaban J connectivity index is 2.15. The fraction of sp³-hybridized carbons (Fsp3) is 0.533. The minimum absolute atomic E-state index is 0.0899. The molecule has 1 aromatic rings. The maximum atomic E-state index is 11.4. The van der Waals surface area contributed by atoms with Crippen LogP contribution in [0.25, 0.3) is 0 Å². The lowest BCUT2D eigenvalue weighted by Gasteiger charge is -2.28. The molecule has 1 atom stereocenters. The van der Waals surface area contributed by atoms with E-state index >= 15 is 0 Å². The highest BCUT2D eigenvalue weighted by atomic mass is 16.5. The lowest BCUT2D eigenvalue weighted by atomic mass is 9.94. The molecule has 1 aliphatic rings. The van der Waals surface area contributed by atoms with Crippen LogP contribution >= 0.6 is 0 Å². The third kappa shape index (κ3) is 2.66. The number of nitrogens with one attached hydrogen (secondary N) is 1. The molecule has 0 aromatic heterocycles. The van der Waals surface area contributed by atoms with Gasteiger partial charge in [0, 0.05) is 6.42 Å². The maximum absolute atomic E-state index is 11.4. The molecule has 1 amide bonds. The van der Waals surface area contributed by atoms with Crippen molar-refractivity contribution in [3.63, 3.8) is 0 Å². The van der Waals surface area contributed by atoms with Crippen LogP contribution in [0.5, 0.6) is 5.75 Å². The Labute approximate surface area is 109 Å². The lowest BCUT2D eigenvalue weighted by molar-refractivity contribution is -0.121. The van der Waals surface area contributed by atoms with Gasteiger partial charge in [0.1, 0.15) is 12.4 Å². The van der Waals surface area contributed by atoms with Gasteiger partial charge >= 0.3 is 0 Å². The molecule has 0 aliphatic carbocycles. The van der Waals surface area contributed by atoms with Crippen molar-refractivity contribution >= 4 is 5.91 Å². The van der Waals surface area contributed by atoms with Gasteiger partial charge in [-0.1, -0.05) is 39.0 Å². The predicted octanol–water partition coefficient (Wildman–Crippen LogP) is 2.64. The van der Waals surface area contributed by atoms with E-state index in [2.05, 4.69) is 37.4 Å². The summed E-state index contributed by atoms with van der Waals surface area (Å²) in [6.07, 6.45) is 1.39. The summed E-state index contributed by atoms with van der Waals surface area (Å²) in [4.78, 5) is 11.4. The fourth-order valence-electron chi connectivity index (χ4n) is 2.33. The Morgan fingerprint density at radius 1 is 1.50 bits per heavy atom. The van der Waals surface area contributed by atoms with Crippen molar-refractivity contribution in [2.24, 2.45) is 0 Å². The number of benzene rings is 1. The SMILES string of the molecule is CCC(=O)NC1COc2c(cccc2C(C)C)C1. The molecule has 0 spiro atoms. The van der Waals surface area contributed by atoms with Crippen molar-refractivity contribution < 1.29 is 9.53 Å². The van der Waals surface area contributed by atoms with Gasteiger partial charge < -0.3 is 10.1 Å². The highest BCUT2D eigenvalue weighted by molar-refractivity contribution is 5.76. The van der Waals surface area contributed by atoms with Crippen molar-refractivity contribution in [2.45, 2.75) is 45.6 Å². The molecule has 1 heterocycles. The average Bonchev–Trinajstić information content (AvgIpc) is 2.37. The zero-order chi connectivity index (χ0) is 13.1. The third-order valence-corrected chi connectivity index (χ3v) is 3.33. The van der Waals surface area contributed by atoms with Gasteiger partial charge in [0.2, 0.25) is 5.91 Å². The van der Waals surface area contributed by atoms with Crippen LogP contribution in [0.2, 0.25) is 0 Å². The van der Waals surface area contributed by atoms with E-state index in [0.717, 1.165) is 12.2 Å². The molecule has 0 radical (unpaired) electrons. The van der Waals surface area contributed by atoms with Crippen molar-refractivity contribution in [1.82, 2.24) is 5.32 Å². The summed E-state index contributed by atoms with van der Waals surface area (Å²) in [5.74, 6) is 1.57. The van der Waals surface area contributed by atoms with E-state index in [-0.39, 0.29) is 11.9 Å². The minimum atomic E-state index is 0.0899. The largest absolute Gasteiger partial charge is 0.491 e. The summed E-state index contributed by atoms with van der Waals surface area (Å²) in [6, 6.07) is 6.38. The average molecular weight is 247 g/mol. The summed E-state index contributed by atoms with van der Waals surface area (Å²) >= 11 is 0. The van der Waals surface area contributed by atoms with Crippen LogP contribution < -0.4 is 10.1 Å². The molecule has 0 saturated heterocycles. The molecular formula is C15H21NO2. The molecule has 3 nitrogen and oxygen atoms in total. The second-order valence-corrected chi connectivity index (χ2v) is 5.12. The molecule has 0 fully saturated rings. The van der Waals surface area contributed by atoms with E-state index in [0.29, 0.717) is 18.9 Å². The quantitative estimate of drug-likeness (QED) is 0.891. The monoisotopic (exact) mass is 247 g/mol. The number of ether oxygens (including phenoxy) is 1. The van der Waals surface area contributed by atoms with Gasteiger partial charge in [0.05, 0.1) is 6.04 Å². The first-order chi connectivity index (χ1) is 8.61. The predicted molar refractivity (Wildman–Crippen MR) is 72.0 cm³/mol. The minimum Gasteiger partial charge on any atom is -0.491 e. The van der Waals surface area contributed by atoms with Gasteiger partial charge in [-0.15, -0.1) is 0 Å². The second-order valence-electron chi connectivity index (χ2n) is 5.12. The normalized spacial score (nSPS) is 18.1. The van der Waals surface area contributed by atoms with Crippen LogP contribution in [0.15, 0.2) is 18.2 Å². The molecule has 1 aromatic carbocycles. The van der Waals surface area contributed by atoms with Gasteiger partial charge in [0.15, 0.2) is 0 Å². The van der Waals surface area contributed by atoms with Crippen molar-refractivity contribution in [3.05, 3.63) is 29.3 Å². The third-order valence-electron chi connectivity index (χ3n) is 3.33. The number of rotatable bonds is 3. The van der Waals surface area contributed by atoms with Crippen molar-refractivity contribution in [3.8, 4) is 5.75 Å². The molecule has 0 saturated carbocycles. The Bertz CT molecular complexity index is 440. The molecule has 98 valence electrons. The number of hydrogen-bond donors (Lipinski definition) is 1. The first-order valence-corrected chi connectivity index (χ1v) is 6.65. The number of hydrogen-bond acceptors (Lipinski definition) is 2. The number of para-hydroxylation sites is 1. The first-order valence-electron chi connectivity index (χ1n) is 6.65. The number of carbonyl (C=O) groups is 1. The van der Waals surface area contributed by atoms with Crippen LogP contribution in [0.1, 0.15) is 44.2 Å². The maximum Gasteiger partial charge on any atom is 0.220 e. The number of fused-ring (bicyclic) bond motifs is 1. The van der Waals surface area contributed by atoms with Crippen LogP contribution in [-0.4, -0.2) is 18.6 Å². The van der Waals surface area contributed by atoms with E-state index in [1.807, 2.05) is 6.92 Å². The zero-order valence-electron chi connectivity index (χ0n) is 11.3. The highest BCUT2D eigenvalue weighted by Crippen LogP contribution is 2.33. The molecule has 18 heavy (non-hydrogen) atoms. The van der Waals surface area contributed by atoms with E-state index in [1.54, 1.807) is 0 Å². The van der Waals surface area contributed by atoms with Crippen LogP contribution in [0, 0.1) is 0 Å². The van der Waals surface area contributed by atoms with Gasteiger partial charge in [-0.3, -0.25) is 4.79 Å². The molecule has 1 aliphatic heterocycles. The molecular weight excluding hydrogens is 226 g/mol. The molecule has 2 rings (SSSR count).